The molecular weight excluding hydrogens is 342 g/mol. The van der Waals surface area contributed by atoms with Crippen molar-refractivity contribution in [3.8, 4) is 0 Å². The summed E-state index contributed by atoms with van der Waals surface area (Å²) in [6.45, 7) is 9.37. The zero-order valence-corrected chi connectivity index (χ0v) is 16.6. The Balaban J connectivity index is 1.79. The number of rotatable bonds is 4. The van der Waals surface area contributed by atoms with E-state index in [-0.39, 0.29) is 5.38 Å². The van der Waals surface area contributed by atoms with E-state index >= 15 is 0 Å². The van der Waals surface area contributed by atoms with Crippen molar-refractivity contribution in [1.82, 2.24) is 9.55 Å². The Hall–Kier alpha value is -2.00. The quantitative estimate of drug-likeness (QED) is 0.588. The van der Waals surface area contributed by atoms with Gasteiger partial charge in [0.1, 0.15) is 0 Å². The minimum atomic E-state index is 0.175. The van der Waals surface area contributed by atoms with Crippen LogP contribution in [0.1, 0.15) is 35.7 Å². The lowest BCUT2D eigenvalue weighted by Crippen LogP contribution is -2.31. The number of alkyl halides is 1. The average Bonchev–Trinajstić information content (AvgIpc) is 2.90. The maximum absolute atomic E-state index is 6.24. The van der Waals surface area contributed by atoms with Gasteiger partial charge in [0.05, 0.1) is 5.52 Å². The summed E-state index contributed by atoms with van der Waals surface area (Å²) in [5, 5.41) is 1.49. The van der Waals surface area contributed by atoms with Gasteiger partial charge in [0.2, 0.25) is 0 Å². The monoisotopic (exact) mass is 367 g/mol. The number of halogens is 1. The topological polar surface area (TPSA) is 21.1 Å². The zero-order chi connectivity index (χ0) is 18.3. The van der Waals surface area contributed by atoms with Gasteiger partial charge in [0.15, 0.2) is 5.82 Å². The molecule has 1 aliphatic rings. The first-order chi connectivity index (χ1) is 12.6. The van der Waals surface area contributed by atoms with Gasteiger partial charge < -0.3 is 9.47 Å². The lowest BCUT2D eigenvalue weighted by molar-refractivity contribution is 0.637. The largest absolute Gasteiger partial charge is 0.350 e. The Kier molecular flexibility index (Phi) is 4.66. The summed E-state index contributed by atoms with van der Waals surface area (Å²) in [5.41, 5.74) is 6.82. The van der Waals surface area contributed by atoms with Crippen LogP contribution in [0.3, 0.4) is 0 Å². The molecular formula is C22H26ClN3. The Morgan fingerprint density at radius 2 is 1.92 bits per heavy atom. The lowest BCUT2D eigenvalue weighted by atomic mass is 10.00. The van der Waals surface area contributed by atoms with E-state index in [1.165, 1.54) is 33.3 Å². The van der Waals surface area contributed by atoms with E-state index in [1.54, 1.807) is 0 Å². The van der Waals surface area contributed by atoms with Crippen LogP contribution in [0.5, 0.6) is 0 Å². The Morgan fingerprint density at radius 1 is 1.15 bits per heavy atom. The van der Waals surface area contributed by atoms with Crippen LogP contribution in [0.2, 0.25) is 0 Å². The van der Waals surface area contributed by atoms with Crippen molar-refractivity contribution < 1.29 is 0 Å². The molecule has 26 heavy (non-hydrogen) atoms. The number of nitrogens with zero attached hydrogens (tertiary/aromatic N) is 3. The molecule has 0 fully saturated rings. The third-order valence-electron chi connectivity index (χ3n) is 5.71. The fraction of sp³-hybridized carbons (Fsp3) is 0.409. The van der Waals surface area contributed by atoms with Gasteiger partial charge in [-0.3, -0.25) is 0 Å². The number of hydrogen-bond acceptors (Lipinski definition) is 2. The molecule has 3 heterocycles. The second kappa shape index (κ2) is 6.96. The molecule has 3 aromatic rings. The minimum absolute atomic E-state index is 0.175. The Morgan fingerprint density at radius 3 is 2.69 bits per heavy atom. The van der Waals surface area contributed by atoms with Gasteiger partial charge in [0, 0.05) is 42.3 Å². The third kappa shape index (κ3) is 2.99. The van der Waals surface area contributed by atoms with Gasteiger partial charge in [0.25, 0.3) is 0 Å². The number of aryl methyl sites for hydroxylation is 2. The summed E-state index contributed by atoms with van der Waals surface area (Å²) in [6, 6.07) is 10.9. The molecule has 4 heteroatoms. The van der Waals surface area contributed by atoms with Gasteiger partial charge >= 0.3 is 0 Å². The van der Waals surface area contributed by atoms with Crippen LogP contribution in [0.4, 0.5) is 5.82 Å². The van der Waals surface area contributed by atoms with E-state index in [1.807, 2.05) is 6.20 Å². The molecule has 0 amide bonds. The molecule has 0 bridgehead atoms. The molecule has 0 saturated heterocycles. The molecule has 0 saturated carbocycles. The van der Waals surface area contributed by atoms with Crippen LogP contribution < -0.4 is 4.90 Å². The fourth-order valence-electron chi connectivity index (χ4n) is 4.07. The van der Waals surface area contributed by atoms with Crippen LogP contribution in [-0.4, -0.2) is 21.5 Å². The predicted molar refractivity (Wildman–Crippen MR) is 110 cm³/mol. The van der Waals surface area contributed by atoms with Crippen molar-refractivity contribution in [2.45, 2.75) is 52.1 Å². The number of aromatic nitrogens is 2. The zero-order valence-electron chi connectivity index (χ0n) is 15.8. The number of pyridine rings is 1. The molecule has 0 spiro atoms. The molecule has 1 unspecified atom stereocenters. The molecule has 1 aromatic carbocycles. The number of anilines is 1. The smallest absolute Gasteiger partial charge is 0.153 e. The maximum atomic E-state index is 6.24. The SMILES string of the molecule is Cc1c(C)n(CCC(C)Cl)c2c(N3CCc4ccccc4C3)nccc12. The van der Waals surface area contributed by atoms with Crippen LogP contribution >= 0.6 is 11.6 Å². The van der Waals surface area contributed by atoms with E-state index in [0.717, 1.165) is 38.3 Å². The van der Waals surface area contributed by atoms with E-state index in [2.05, 4.69) is 60.6 Å². The Bertz CT molecular complexity index is 942. The minimum Gasteiger partial charge on any atom is -0.350 e. The van der Waals surface area contributed by atoms with Crippen molar-refractivity contribution in [2.24, 2.45) is 0 Å². The number of benzene rings is 1. The van der Waals surface area contributed by atoms with Gasteiger partial charge in [-0.25, -0.2) is 4.98 Å². The van der Waals surface area contributed by atoms with Gasteiger partial charge in [-0.15, -0.1) is 11.6 Å². The summed E-state index contributed by atoms with van der Waals surface area (Å²) in [6.07, 6.45) is 3.99. The summed E-state index contributed by atoms with van der Waals surface area (Å²) < 4.78 is 2.42. The van der Waals surface area contributed by atoms with E-state index < -0.39 is 0 Å². The molecule has 136 valence electrons. The lowest BCUT2D eigenvalue weighted by Gasteiger charge is -2.30. The molecule has 0 radical (unpaired) electrons. The third-order valence-corrected chi connectivity index (χ3v) is 5.93. The van der Waals surface area contributed by atoms with Crippen molar-refractivity contribution >= 4 is 28.3 Å². The molecule has 1 aliphatic heterocycles. The van der Waals surface area contributed by atoms with E-state index in [9.17, 15) is 0 Å². The fourth-order valence-corrected chi connectivity index (χ4v) is 4.17. The van der Waals surface area contributed by atoms with Crippen molar-refractivity contribution in [2.75, 3.05) is 11.4 Å². The highest BCUT2D eigenvalue weighted by molar-refractivity contribution is 6.20. The summed E-state index contributed by atoms with van der Waals surface area (Å²) in [7, 11) is 0. The highest BCUT2D eigenvalue weighted by atomic mass is 35.5. The number of fused-ring (bicyclic) bond motifs is 2. The van der Waals surface area contributed by atoms with Gasteiger partial charge in [-0.1, -0.05) is 24.3 Å². The van der Waals surface area contributed by atoms with Crippen LogP contribution in [0.15, 0.2) is 36.5 Å². The normalized spacial score (nSPS) is 15.3. The van der Waals surface area contributed by atoms with Crippen LogP contribution in [0.25, 0.3) is 10.9 Å². The summed E-state index contributed by atoms with van der Waals surface area (Å²) >= 11 is 6.24. The van der Waals surface area contributed by atoms with Gasteiger partial charge in [-0.05, 0) is 56.4 Å². The molecule has 0 N–H and O–H groups in total. The first kappa shape index (κ1) is 17.4. The first-order valence-corrected chi connectivity index (χ1v) is 9.90. The summed E-state index contributed by atoms with van der Waals surface area (Å²) in [5.74, 6) is 1.11. The van der Waals surface area contributed by atoms with E-state index in [0.29, 0.717) is 0 Å². The molecule has 4 rings (SSSR count). The van der Waals surface area contributed by atoms with Crippen molar-refractivity contribution in [1.29, 1.82) is 0 Å². The molecule has 3 nitrogen and oxygen atoms in total. The van der Waals surface area contributed by atoms with Gasteiger partial charge in [-0.2, -0.15) is 0 Å². The van der Waals surface area contributed by atoms with Crippen molar-refractivity contribution in [3.63, 3.8) is 0 Å². The average molecular weight is 368 g/mol. The highest BCUT2D eigenvalue weighted by Gasteiger charge is 2.22. The molecule has 1 atom stereocenters. The Labute approximate surface area is 160 Å². The highest BCUT2D eigenvalue weighted by Crippen LogP contribution is 2.34. The summed E-state index contributed by atoms with van der Waals surface area (Å²) in [4.78, 5) is 7.25. The molecule has 2 aromatic heterocycles. The predicted octanol–water partition coefficient (Wildman–Crippen LogP) is 5.23. The molecule has 0 aliphatic carbocycles. The second-order valence-electron chi connectivity index (χ2n) is 7.40. The maximum Gasteiger partial charge on any atom is 0.153 e. The first-order valence-electron chi connectivity index (χ1n) is 9.46. The number of hydrogen-bond donors (Lipinski definition) is 0. The standard InChI is InChI=1S/C22H26ClN3/c1-15(23)9-13-26-17(3)16(2)20-8-11-24-22(21(20)26)25-12-10-18-6-4-5-7-19(18)14-25/h4-8,11,15H,9-10,12-14H2,1-3H3. The van der Waals surface area contributed by atoms with Crippen LogP contribution in [-0.2, 0) is 19.5 Å². The van der Waals surface area contributed by atoms with Crippen LogP contribution in [0, 0.1) is 13.8 Å². The van der Waals surface area contributed by atoms with Crippen molar-refractivity contribution in [3.05, 3.63) is 58.9 Å². The van der Waals surface area contributed by atoms with E-state index in [4.69, 9.17) is 16.6 Å². The second-order valence-corrected chi connectivity index (χ2v) is 8.15.